The Hall–Kier alpha value is -2.72. The topological polar surface area (TPSA) is 84.3 Å². The molecule has 0 bridgehead atoms. The number of anilines is 2. The van der Waals surface area contributed by atoms with E-state index in [0.29, 0.717) is 23.1 Å². The number of carbonyl (C=O) groups excluding carboxylic acids is 1. The minimum atomic E-state index is -0.0941. The van der Waals surface area contributed by atoms with E-state index >= 15 is 0 Å². The number of carbonyl (C=O) groups is 1. The van der Waals surface area contributed by atoms with Crippen molar-refractivity contribution in [2.45, 2.75) is 0 Å². The fourth-order valence-electron chi connectivity index (χ4n) is 3.75. The third-order valence-electron chi connectivity index (χ3n) is 5.53. The largest absolute Gasteiger partial charge is 0.379 e. The second-order valence-corrected chi connectivity index (χ2v) is 9.13. The number of nitrogens with zero attached hydrogens (tertiary/aromatic N) is 4. The zero-order valence-electron chi connectivity index (χ0n) is 17.6. The average Bonchev–Trinajstić information content (AvgIpc) is 3.34. The average molecular weight is 471 g/mol. The Morgan fingerprint density at radius 3 is 2.84 bits per heavy atom. The maximum absolute atomic E-state index is 12.6. The normalized spacial score (nSPS) is 14.8. The minimum Gasteiger partial charge on any atom is -0.379 e. The van der Waals surface area contributed by atoms with Crippen LogP contribution >= 0.6 is 22.9 Å². The summed E-state index contributed by atoms with van der Waals surface area (Å²) in [7, 11) is 1.93. The van der Waals surface area contributed by atoms with E-state index in [1.165, 1.54) is 11.3 Å². The van der Waals surface area contributed by atoms with Crippen molar-refractivity contribution >= 4 is 61.2 Å². The molecule has 0 aliphatic carbocycles. The van der Waals surface area contributed by atoms with Gasteiger partial charge in [0.1, 0.15) is 0 Å². The second-order valence-electron chi connectivity index (χ2n) is 7.66. The summed E-state index contributed by atoms with van der Waals surface area (Å²) in [6, 6.07) is 11.2. The van der Waals surface area contributed by atoms with Gasteiger partial charge in [0, 0.05) is 43.8 Å². The summed E-state index contributed by atoms with van der Waals surface area (Å²) in [5.74, 6) is 0.568. The summed E-state index contributed by atoms with van der Waals surface area (Å²) in [6.07, 6.45) is 0. The zero-order valence-corrected chi connectivity index (χ0v) is 19.2. The highest BCUT2D eigenvalue weighted by Gasteiger charge is 2.14. The molecule has 0 spiro atoms. The number of aromatic nitrogens is 3. The first kappa shape index (κ1) is 21.1. The van der Waals surface area contributed by atoms with Crippen LogP contribution in [0.3, 0.4) is 0 Å². The van der Waals surface area contributed by atoms with Crippen molar-refractivity contribution in [3.63, 3.8) is 0 Å². The fraction of sp³-hybridized carbons (Fsp3) is 0.318. The summed E-state index contributed by atoms with van der Waals surface area (Å²) < 4.78 is 8.32. The second kappa shape index (κ2) is 9.03. The Bertz CT molecular complexity index is 1280. The van der Waals surface area contributed by atoms with Gasteiger partial charge in [-0.15, -0.1) is 0 Å². The van der Waals surface area contributed by atoms with Crippen LogP contribution in [-0.2, 0) is 11.8 Å². The highest BCUT2D eigenvalue weighted by Crippen LogP contribution is 2.31. The predicted molar refractivity (Wildman–Crippen MR) is 128 cm³/mol. The van der Waals surface area contributed by atoms with Gasteiger partial charge < -0.3 is 19.9 Å². The van der Waals surface area contributed by atoms with Crippen LogP contribution in [0.25, 0.3) is 21.3 Å². The predicted octanol–water partition coefficient (Wildman–Crippen LogP) is 3.64. The van der Waals surface area contributed by atoms with Gasteiger partial charge in [-0.1, -0.05) is 22.9 Å². The molecular formula is C22H23ClN6O2S. The van der Waals surface area contributed by atoms with Gasteiger partial charge in [-0.05, 0) is 36.4 Å². The molecule has 0 radical (unpaired) electrons. The third-order valence-corrected chi connectivity index (χ3v) is 6.70. The smallest absolute Gasteiger partial charge is 0.251 e. The van der Waals surface area contributed by atoms with Crippen molar-refractivity contribution in [3.8, 4) is 0 Å². The lowest BCUT2D eigenvalue weighted by Crippen LogP contribution is -2.41. The first-order chi connectivity index (χ1) is 15.6. The first-order valence-electron chi connectivity index (χ1n) is 10.4. The number of thiazole rings is 1. The number of aryl methyl sites for hydroxylation is 1. The van der Waals surface area contributed by atoms with E-state index in [-0.39, 0.29) is 5.91 Å². The molecule has 8 nitrogen and oxygen atoms in total. The standard InChI is InChI=1S/C22H23ClN6O2S/c1-28-18-5-2-14(20(30)24-6-7-29-8-10-31-11-9-29)12-17(18)25-21(28)27-22-26-16-4-3-15(23)13-19(16)32-22/h2-5,12-13H,6-11H2,1H3,(H,24,30)(H,25,26,27). The molecule has 1 aliphatic rings. The Kier molecular flexibility index (Phi) is 5.97. The number of imidazole rings is 1. The molecule has 5 rings (SSSR count). The number of halogens is 1. The van der Waals surface area contributed by atoms with Crippen LogP contribution in [0.15, 0.2) is 36.4 Å². The molecule has 10 heteroatoms. The van der Waals surface area contributed by atoms with Crippen LogP contribution in [0.2, 0.25) is 5.02 Å². The van der Waals surface area contributed by atoms with Crippen molar-refractivity contribution in [1.82, 2.24) is 24.8 Å². The van der Waals surface area contributed by atoms with E-state index in [2.05, 4.69) is 25.5 Å². The Labute approximate surface area is 194 Å². The van der Waals surface area contributed by atoms with Crippen LogP contribution < -0.4 is 10.6 Å². The molecule has 3 heterocycles. The van der Waals surface area contributed by atoms with Crippen molar-refractivity contribution in [2.24, 2.45) is 7.05 Å². The number of amides is 1. The Balaban J connectivity index is 1.29. The monoisotopic (exact) mass is 470 g/mol. The Morgan fingerprint density at radius 2 is 2.00 bits per heavy atom. The molecule has 1 saturated heterocycles. The number of hydrogen-bond donors (Lipinski definition) is 2. The van der Waals surface area contributed by atoms with Crippen LogP contribution in [0.5, 0.6) is 0 Å². The van der Waals surface area contributed by atoms with Crippen molar-refractivity contribution < 1.29 is 9.53 Å². The van der Waals surface area contributed by atoms with E-state index in [9.17, 15) is 4.79 Å². The lowest BCUT2D eigenvalue weighted by atomic mass is 10.2. The number of morpholine rings is 1. The molecule has 2 N–H and O–H groups in total. The number of nitrogens with one attached hydrogen (secondary N) is 2. The molecule has 32 heavy (non-hydrogen) atoms. The van der Waals surface area contributed by atoms with Crippen molar-refractivity contribution in [2.75, 3.05) is 44.7 Å². The zero-order chi connectivity index (χ0) is 22.1. The Morgan fingerprint density at radius 1 is 1.16 bits per heavy atom. The highest BCUT2D eigenvalue weighted by atomic mass is 35.5. The van der Waals surface area contributed by atoms with Crippen LogP contribution in [0.1, 0.15) is 10.4 Å². The molecule has 2 aromatic heterocycles. The first-order valence-corrected chi connectivity index (χ1v) is 11.6. The van der Waals surface area contributed by atoms with Crippen molar-refractivity contribution in [3.05, 3.63) is 47.0 Å². The van der Waals surface area contributed by atoms with E-state index in [1.807, 2.05) is 48.0 Å². The van der Waals surface area contributed by atoms with E-state index < -0.39 is 0 Å². The number of ether oxygens (including phenoxy) is 1. The van der Waals surface area contributed by atoms with Gasteiger partial charge in [0.2, 0.25) is 5.95 Å². The molecule has 1 aliphatic heterocycles. The summed E-state index contributed by atoms with van der Waals surface area (Å²) in [5, 5.41) is 7.71. The molecule has 1 fully saturated rings. The summed E-state index contributed by atoms with van der Waals surface area (Å²) >= 11 is 7.60. The minimum absolute atomic E-state index is 0.0941. The van der Waals surface area contributed by atoms with E-state index in [0.717, 1.165) is 59.2 Å². The maximum Gasteiger partial charge on any atom is 0.251 e. The summed E-state index contributed by atoms with van der Waals surface area (Å²) in [4.78, 5) is 24.2. The highest BCUT2D eigenvalue weighted by molar-refractivity contribution is 7.22. The number of benzene rings is 2. The van der Waals surface area contributed by atoms with Gasteiger partial charge in [-0.3, -0.25) is 9.69 Å². The molecule has 0 atom stereocenters. The lowest BCUT2D eigenvalue weighted by Gasteiger charge is -2.26. The molecule has 166 valence electrons. The quantitative estimate of drug-likeness (QED) is 0.447. The van der Waals surface area contributed by atoms with Crippen LogP contribution in [0, 0.1) is 0 Å². The molecule has 4 aromatic rings. The molecule has 2 aromatic carbocycles. The van der Waals surface area contributed by atoms with Crippen molar-refractivity contribution in [1.29, 1.82) is 0 Å². The number of rotatable bonds is 6. The van der Waals surface area contributed by atoms with Crippen LogP contribution in [-0.4, -0.2) is 64.7 Å². The SMILES string of the molecule is Cn1c(Nc2nc3ccc(Cl)cc3s2)nc2cc(C(=O)NCCN3CCOCC3)ccc21. The molecule has 0 unspecified atom stereocenters. The summed E-state index contributed by atoms with van der Waals surface area (Å²) in [6.45, 7) is 4.76. The lowest BCUT2D eigenvalue weighted by molar-refractivity contribution is 0.0383. The van der Waals surface area contributed by atoms with Gasteiger partial charge >= 0.3 is 0 Å². The molecule has 0 saturated carbocycles. The molecule has 1 amide bonds. The number of fused-ring (bicyclic) bond motifs is 2. The van der Waals surface area contributed by atoms with E-state index in [4.69, 9.17) is 16.3 Å². The fourth-order valence-corrected chi connectivity index (χ4v) is 4.89. The van der Waals surface area contributed by atoms with Gasteiger partial charge in [-0.2, -0.15) is 0 Å². The third kappa shape index (κ3) is 4.42. The van der Waals surface area contributed by atoms with Gasteiger partial charge in [0.05, 0.1) is 34.5 Å². The maximum atomic E-state index is 12.6. The van der Waals surface area contributed by atoms with E-state index in [1.54, 1.807) is 0 Å². The van der Waals surface area contributed by atoms with Gasteiger partial charge in [0.25, 0.3) is 5.91 Å². The van der Waals surface area contributed by atoms with Gasteiger partial charge in [-0.25, -0.2) is 9.97 Å². The van der Waals surface area contributed by atoms with Crippen LogP contribution in [0.4, 0.5) is 11.1 Å². The molecular weight excluding hydrogens is 448 g/mol. The number of hydrogen-bond acceptors (Lipinski definition) is 7. The summed E-state index contributed by atoms with van der Waals surface area (Å²) in [5.41, 5.74) is 3.16. The van der Waals surface area contributed by atoms with Gasteiger partial charge in [0.15, 0.2) is 5.13 Å².